The third-order valence-electron chi connectivity index (χ3n) is 5.66. The maximum absolute atomic E-state index is 15.0. The predicted octanol–water partition coefficient (Wildman–Crippen LogP) is 3.06. The Hall–Kier alpha value is -2.26. The predicted molar refractivity (Wildman–Crippen MR) is 105 cm³/mol. The van der Waals surface area contributed by atoms with Gasteiger partial charge in [-0.25, -0.2) is 4.39 Å². The van der Waals surface area contributed by atoms with Crippen LogP contribution in [0.4, 0.5) is 10.1 Å². The first kappa shape index (κ1) is 20.0. The fraction of sp³-hybridized carbons (Fsp3) is 0.316. The molecule has 2 aliphatic heterocycles. The lowest BCUT2D eigenvalue weighted by atomic mass is 9.74. The molecule has 29 heavy (non-hydrogen) atoms. The highest BCUT2D eigenvalue weighted by Gasteiger charge is 2.68. The van der Waals surface area contributed by atoms with Crippen molar-refractivity contribution >= 4 is 34.8 Å². The van der Waals surface area contributed by atoms with Crippen LogP contribution >= 0.6 is 23.2 Å². The molecular formula is C19H16Cl2FN3O4. The highest BCUT2D eigenvalue weighted by atomic mass is 35.5. The Labute approximate surface area is 175 Å². The molecule has 0 radical (unpaired) electrons. The van der Waals surface area contributed by atoms with E-state index in [-0.39, 0.29) is 10.6 Å². The molecule has 4 rings (SSSR count). The van der Waals surface area contributed by atoms with Crippen molar-refractivity contribution in [3.05, 3.63) is 73.5 Å². The molecule has 1 spiro atoms. The number of rotatable bonds is 3. The molecule has 7 nitrogen and oxygen atoms in total. The Morgan fingerprint density at radius 1 is 1.31 bits per heavy atom. The van der Waals surface area contributed by atoms with Gasteiger partial charge < -0.3 is 10.4 Å². The van der Waals surface area contributed by atoms with Crippen molar-refractivity contribution < 1.29 is 19.2 Å². The van der Waals surface area contributed by atoms with E-state index in [1.807, 2.05) is 0 Å². The second kappa shape index (κ2) is 6.91. The Kier molecular flexibility index (Phi) is 4.77. The zero-order chi connectivity index (χ0) is 21.1. The van der Waals surface area contributed by atoms with E-state index in [9.17, 15) is 20.0 Å². The number of hydrogen-bond donors (Lipinski definition) is 3. The van der Waals surface area contributed by atoms with Crippen LogP contribution in [0.2, 0.25) is 10.0 Å². The van der Waals surface area contributed by atoms with Crippen molar-refractivity contribution in [2.75, 3.05) is 5.32 Å². The van der Waals surface area contributed by atoms with Crippen LogP contribution in [-0.2, 0) is 10.3 Å². The Balaban J connectivity index is 2.03. The van der Waals surface area contributed by atoms with Gasteiger partial charge in [0.25, 0.3) is 0 Å². The molecule has 2 aromatic rings. The van der Waals surface area contributed by atoms with Crippen molar-refractivity contribution in [3.63, 3.8) is 0 Å². The van der Waals surface area contributed by atoms with Crippen LogP contribution < -0.4 is 10.6 Å². The van der Waals surface area contributed by atoms with Crippen LogP contribution in [0, 0.1) is 15.9 Å². The number of carbonyl (C=O) groups excluding carboxylic acids is 1. The van der Waals surface area contributed by atoms with Crippen LogP contribution in [0.5, 0.6) is 0 Å². The van der Waals surface area contributed by atoms with Gasteiger partial charge in [0.1, 0.15) is 17.4 Å². The molecule has 10 heteroatoms. The largest absolute Gasteiger partial charge is 0.392 e. The molecule has 1 fully saturated rings. The standard InChI is InChI=1S/C19H16Cl2FN3O4/c1-8(26)16-17(25(28)29)14(10-3-2-4-12(21)15(10)22)19(24-16)11-6-5-9(20)7-13(11)23-18(19)27/h2-8,14,16-17,24,26H,1H3,(H,23,27)/t8-,14-,16-,17-,19+/m0/s1. The van der Waals surface area contributed by atoms with Crippen LogP contribution in [-0.4, -0.2) is 34.1 Å². The van der Waals surface area contributed by atoms with E-state index < -0.39 is 46.3 Å². The second-order valence-corrected chi connectivity index (χ2v) is 8.10. The Morgan fingerprint density at radius 2 is 2.03 bits per heavy atom. The first-order valence-electron chi connectivity index (χ1n) is 8.83. The number of fused-ring (bicyclic) bond motifs is 2. The van der Waals surface area contributed by atoms with E-state index in [2.05, 4.69) is 10.6 Å². The third-order valence-corrected chi connectivity index (χ3v) is 6.19. The molecule has 0 aromatic heterocycles. The van der Waals surface area contributed by atoms with Crippen molar-refractivity contribution in [2.45, 2.75) is 36.6 Å². The van der Waals surface area contributed by atoms with E-state index in [1.54, 1.807) is 12.1 Å². The number of benzene rings is 2. The Morgan fingerprint density at radius 3 is 2.69 bits per heavy atom. The zero-order valence-corrected chi connectivity index (χ0v) is 16.5. The number of aliphatic hydroxyl groups excluding tert-OH is 1. The number of carbonyl (C=O) groups is 1. The molecule has 1 amide bonds. The Bertz CT molecular complexity index is 1030. The van der Waals surface area contributed by atoms with Crippen LogP contribution in [0.25, 0.3) is 0 Å². The van der Waals surface area contributed by atoms with Gasteiger partial charge in [0, 0.05) is 26.8 Å². The average Bonchev–Trinajstić information content (AvgIpc) is 3.14. The van der Waals surface area contributed by atoms with E-state index in [1.165, 1.54) is 31.2 Å². The summed E-state index contributed by atoms with van der Waals surface area (Å²) in [5, 5.41) is 28.1. The number of amides is 1. The molecule has 0 saturated carbocycles. The van der Waals surface area contributed by atoms with Crippen molar-refractivity contribution in [2.24, 2.45) is 0 Å². The molecule has 5 atom stereocenters. The van der Waals surface area contributed by atoms with Crippen LogP contribution in [0.15, 0.2) is 36.4 Å². The van der Waals surface area contributed by atoms with E-state index in [0.29, 0.717) is 16.3 Å². The molecule has 2 heterocycles. The summed E-state index contributed by atoms with van der Waals surface area (Å²) in [6, 6.07) is 6.20. The van der Waals surface area contributed by atoms with Gasteiger partial charge in [-0.3, -0.25) is 20.2 Å². The average molecular weight is 440 g/mol. The summed E-state index contributed by atoms with van der Waals surface area (Å²) in [6.45, 7) is 1.38. The van der Waals surface area contributed by atoms with Gasteiger partial charge in [-0.1, -0.05) is 41.4 Å². The van der Waals surface area contributed by atoms with Gasteiger partial charge in [0.05, 0.1) is 17.0 Å². The number of hydrogen-bond acceptors (Lipinski definition) is 5. The number of nitrogens with zero attached hydrogens (tertiary/aromatic N) is 1. The van der Waals surface area contributed by atoms with E-state index in [4.69, 9.17) is 23.2 Å². The van der Waals surface area contributed by atoms with Crippen LogP contribution in [0.3, 0.4) is 0 Å². The molecule has 0 aliphatic carbocycles. The van der Waals surface area contributed by atoms with Gasteiger partial charge in [0.2, 0.25) is 11.9 Å². The van der Waals surface area contributed by atoms with Gasteiger partial charge in [-0.15, -0.1) is 0 Å². The first-order chi connectivity index (χ1) is 13.7. The number of anilines is 1. The number of nitro groups is 1. The minimum atomic E-state index is -1.68. The fourth-order valence-electron chi connectivity index (χ4n) is 4.50. The summed E-state index contributed by atoms with van der Waals surface area (Å²) in [7, 11) is 0. The summed E-state index contributed by atoms with van der Waals surface area (Å²) in [5.74, 6) is -2.69. The maximum atomic E-state index is 15.0. The molecule has 152 valence electrons. The fourth-order valence-corrected chi connectivity index (χ4v) is 4.85. The van der Waals surface area contributed by atoms with Crippen molar-refractivity contribution in [3.8, 4) is 0 Å². The molecule has 2 aromatic carbocycles. The molecule has 0 unspecified atom stereocenters. The molecule has 0 bridgehead atoms. The quantitative estimate of drug-likeness (QED) is 0.503. The summed E-state index contributed by atoms with van der Waals surface area (Å²) in [4.78, 5) is 24.7. The molecule has 3 N–H and O–H groups in total. The zero-order valence-electron chi connectivity index (χ0n) is 15.0. The molecular weight excluding hydrogens is 424 g/mol. The van der Waals surface area contributed by atoms with Crippen molar-refractivity contribution in [1.29, 1.82) is 0 Å². The van der Waals surface area contributed by atoms with Crippen LogP contribution in [0.1, 0.15) is 24.0 Å². The topological polar surface area (TPSA) is 104 Å². The lowest BCUT2D eigenvalue weighted by Crippen LogP contribution is -2.51. The van der Waals surface area contributed by atoms with E-state index >= 15 is 4.39 Å². The van der Waals surface area contributed by atoms with Gasteiger partial charge >= 0.3 is 0 Å². The second-order valence-electron chi connectivity index (χ2n) is 7.26. The van der Waals surface area contributed by atoms with Crippen molar-refractivity contribution in [1.82, 2.24) is 5.32 Å². The normalized spacial score (nSPS) is 29.0. The van der Waals surface area contributed by atoms with Gasteiger partial charge in [-0.2, -0.15) is 0 Å². The lowest BCUT2D eigenvalue weighted by molar-refractivity contribution is -0.528. The lowest BCUT2D eigenvalue weighted by Gasteiger charge is -2.30. The molecule has 1 saturated heterocycles. The number of nitrogens with one attached hydrogen (secondary N) is 2. The summed E-state index contributed by atoms with van der Waals surface area (Å²) in [5.41, 5.74) is -0.986. The minimum Gasteiger partial charge on any atom is -0.392 e. The SMILES string of the molecule is C[C@H](O)[C@@H]1N[C@@]2(C(=O)Nc3cc(Cl)ccc32)[C@@H](c2cccc(Cl)c2F)[C@@H]1[N+](=O)[O-]. The van der Waals surface area contributed by atoms with Gasteiger partial charge in [-0.05, 0) is 25.1 Å². The molecule has 2 aliphatic rings. The highest BCUT2D eigenvalue weighted by molar-refractivity contribution is 6.31. The summed E-state index contributed by atoms with van der Waals surface area (Å²) < 4.78 is 15.0. The smallest absolute Gasteiger partial charge is 0.250 e. The minimum absolute atomic E-state index is 0.0761. The monoisotopic (exact) mass is 439 g/mol. The number of aliphatic hydroxyl groups is 1. The third kappa shape index (κ3) is 2.82. The summed E-state index contributed by atoms with van der Waals surface area (Å²) in [6.07, 6.45) is -1.18. The van der Waals surface area contributed by atoms with Gasteiger partial charge in [0.15, 0.2) is 0 Å². The first-order valence-corrected chi connectivity index (χ1v) is 9.58. The summed E-state index contributed by atoms with van der Waals surface area (Å²) >= 11 is 12.0. The maximum Gasteiger partial charge on any atom is 0.250 e. The van der Waals surface area contributed by atoms with E-state index in [0.717, 1.165) is 0 Å². The number of halogens is 3. The highest BCUT2D eigenvalue weighted by Crippen LogP contribution is 2.53.